The lowest BCUT2D eigenvalue weighted by atomic mass is 10.1. The van der Waals surface area contributed by atoms with E-state index in [1.807, 2.05) is 0 Å². The van der Waals surface area contributed by atoms with Gasteiger partial charge in [0.25, 0.3) is 0 Å². The quantitative estimate of drug-likeness (QED) is 0.620. The van der Waals surface area contributed by atoms with Crippen LogP contribution in [0.25, 0.3) is 0 Å². The van der Waals surface area contributed by atoms with Crippen LogP contribution < -0.4 is 0 Å². The fourth-order valence-corrected chi connectivity index (χ4v) is 2.49. The maximum absolute atomic E-state index is 11.0. The van der Waals surface area contributed by atoms with Crippen LogP contribution in [0.2, 0.25) is 0 Å². The van der Waals surface area contributed by atoms with E-state index in [1.165, 1.54) is 0 Å². The van der Waals surface area contributed by atoms with Gasteiger partial charge in [-0.25, -0.2) is 0 Å². The minimum atomic E-state index is -2.56. The largest absolute Gasteiger partial charge is 0.772 e. The molecule has 0 saturated heterocycles. The summed E-state index contributed by atoms with van der Waals surface area (Å²) in [5.74, 6) is 0. The number of nitriles is 1. The van der Waals surface area contributed by atoms with Gasteiger partial charge in [-0.15, -0.1) is 0 Å². The maximum atomic E-state index is 11.0. The van der Waals surface area contributed by atoms with E-state index in [1.54, 1.807) is 36.4 Å². The fraction of sp³-hybridized carbons (Fsp3) is 0.222. The zero-order valence-electron chi connectivity index (χ0n) is 7.39. The van der Waals surface area contributed by atoms with E-state index in [9.17, 15) is 8.76 Å². The number of rotatable bonds is 3. The Morgan fingerprint density at radius 2 is 1.93 bits per heavy atom. The summed E-state index contributed by atoms with van der Waals surface area (Å²) in [6.07, 6.45) is 0. The number of halogens is 2. The molecule has 2 unspecified atom stereocenters. The van der Waals surface area contributed by atoms with Gasteiger partial charge in [-0.2, -0.15) is 5.26 Å². The van der Waals surface area contributed by atoms with Crippen molar-refractivity contribution in [2.45, 2.75) is 9.58 Å². The molecule has 0 fully saturated rings. The van der Waals surface area contributed by atoms with Crippen LogP contribution in [0.1, 0.15) is 10.8 Å². The van der Waals surface area contributed by atoms with E-state index in [0.29, 0.717) is 5.56 Å². The lowest BCUT2D eigenvalue weighted by Crippen LogP contribution is -2.25. The van der Waals surface area contributed by atoms with Gasteiger partial charge in [0.15, 0.2) is 0 Å². The molecular weight excluding hydrogens is 257 g/mol. The average Bonchev–Trinajstić information content (AvgIpc) is 2.18. The first kappa shape index (κ1) is 12.5. The Labute approximate surface area is 99.9 Å². The average molecular weight is 263 g/mol. The highest BCUT2D eigenvalue weighted by Gasteiger charge is 2.37. The van der Waals surface area contributed by atoms with Crippen molar-refractivity contribution in [1.29, 1.82) is 5.26 Å². The normalized spacial score (nSPS) is 15.3. The number of hydrogen-bond acceptors (Lipinski definition) is 3. The minimum absolute atomic E-state index is 0.386. The Hall–Kier alpha value is -0.600. The van der Waals surface area contributed by atoms with Gasteiger partial charge in [-0.05, 0) is 16.6 Å². The van der Waals surface area contributed by atoms with E-state index in [2.05, 4.69) is 0 Å². The van der Waals surface area contributed by atoms with E-state index in [-0.39, 0.29) is 0 Å². The molecule has 0 aliphatic rings. The van der Waals surface area contributed by atoms with Crippen LogP contribution in [0.4, 0.5) is 0 Å². The molecule has 0 saturated carbocycles. The molecule has 0 N–H and O–H groups in total. The van der Waals surface area contributed by atoms with Crippen LogP contribution in [0, 0.1) is 11.3 Å². The standard InChI is InChI=1S/C9H7Cl2NO2S/c10-9(11,6-12)8(15(13)14)7-4-2-1-3-5-7/h1-5,8H,(H,13,14)/p-1. The molecule has 0 spiro atoms. The molecule has 2 atom stereocenters. The van der Waals surface area contributed by atoms with Gasteiger partial charge in [-0.1, -0.05) is 53.5 Å². The van der Waals surface area contributed by atoms with Crippen LogP contribution in [-0.4, -0.2) is 13.1 Å². The Bertz CT molecular complexity index is 402. The predicted molar refractivity (Wildman–Crippen MR) is 58.2 cm³/mol. The second-order valence-corrected chi connectivity index (χ2v) is 5.16. The number of nitrogens with zero attached hydrogens (tertiary/aromatic N) is 1. The predicted octanol–water partition coefficient (Wildman–Crippen LogP) is 2.30. The highest BCUT2D eigenvalue weighted by molar-refractivity contribution is 7.79. The monoisotopic (exact) mass is 262 g/mol. The summed E-state index contributed by atoms with van der Waals surface area (Å²) in [4.78, 5) is 0. The lowest BCUT2D eigenvalue weighted by Gasteiger charge is -2.26. The smallest absolute Gasteiger partial charge is 0.220 e. The summed E-state index contributed by atoms with van der Waals surface area (Å²) in [7, 11) is 0. The van der Waals surface area contributed by atoms with Gasteiger partial charge >= 0.3 is 0 Å². The Balaban J connectivity index is 3.17. The summed E-state index contributed by atoms with van der Waals surface area (Å²) in [6.45, 7) is 0. The number of hydrogen-bond donors (Lipinski definition) is 0. The number of benzene rings is 1. The highest BCUT2D eigenvalue weighted by Crippen LogP contribution is 2.39. The first-order chi connectivity index (χ1) is 6.99. The minimum Gasteiger partial charge on any atom is -0.772 e. The van der Waals surface area contributed by atoms with Crippen molar-refractivity contribution in [2.75, 3.05) is 0 Å². The zero-order valence-corrected chi connectivity index (χ0v) is 9.72. The van der Waals surface area contributed by atoms with Gasteiger partial charge in [-0.3, -0.25) is 4.21 Å². The second-order valence-electron chi connectivity index (χ2n) is 2.79. The van der Waals surface area contributed by atoms with Gasteiger partial charge in [0.2, 0.25) is 4.33 Å². The third-order valence-electron chi connectivity index (χ3n) is 1.77. The molecule has 15 heavy (non-hydrogen) atoms. The molecule has 0 aromatic heterocycles. The third kappa shape index (κ3) is 2.93. The Morgan fingerprint density at radius 3 is 2.33 bits per heavy atom. The molecule has 6 heteroatoms. The van der Waals surface area contributed by atoms with Crippen molar-refractivity contribution >= 4 is 34.3 Å². The summed E-state index contributed by atoms with van der Waals surface area (Å²) >= 11 is 8.69. The van der Waals surface area contributed by atoms with Crippen LogP contribution in [0.3, 0.4) is 0 Å². The van der Waals surface area contributed by atoms with E-state index >= 15 is 0 Å². The van der Waals surface area contributed by atoms with Crippen LogP contribution in [0.15, 0.2) is 30.3 Å². The molecule has 1 rings (SSSR count). The first-order valence-corrected chi connectivity index (χ1v) is 5.80. The van der Waals surface area contributed by atoms with E-state index in [0.717, 1.165) is 0 Å². The molecule has 0 aliphatic heterocycles. The number of alkyl halides is 2. The van der Waals surface area contributed by atoms with E-state index in [4.69, 9.17) is 28.5 Å². The Morgan fingerprint density at radius 1 is 1.40 bits per heavy atom. The topological polar surface area (TPSA) is 63.9 Å². The second kappa shape index (κ2) is 4.95. The van der Waals surface area contributed by atoms with Crippen LogP contribution in [-0.2, 0) is 11.1 Å². The van der Waals surface area contributed by atoms with Crippen molar-refractivity contribution in [2.24, 2.45) is 0 Å². The zero-order chi connectivity index (χ0) is 11.5. The molecule has 3 nitrogen and oxygen atoms in total. The van der Waals surface area contributed by atoms with Crippen LogP contribution in [0.5, 0.6) is 0 Å². The van der Waals surface area contributed by atoms with Crippen molar-refractivity contribution < 1.29 is 8.76 Å². The summed E-state index contributed by atoms with van der Waals surface area (Å²) < 4.78 is 20.0. The molecule has 0 aliphatic carbocycles. The third-order valence-corrected chi connectivity index (χ3v) is 3.65. The summed E-state index contributed by atoms with van der Waals surface area (Å²) in [5.41, 5.74) is 0.386. The molecular formula is C9H6Cl2NO2S-. The van der Waals surface area contributed by atoms with Gasteiger partial charge in [0, 0.05) is 0 Å². The lowest BCUT2D eigenvalue weighted by molar-refractivity contribution is 0.522. The van der Waals surface area contributed by atoms with Gasteiger partial charge in [0.1, 0.15) is 6.07 Å². The molecule has 0 heterocycles. The Kier molecular flexibility index (Phi) is 4.12. The fourth-order valence-electron chi connectivity index (χ4n) is 1.13. The first-order valence-electron chi connectivity index (χ1n) is 3.91. The van der Waals surface area contributed by atoms with Crippen molar-refractivity contribution in [1.82, 2.24) is 0 Å². The molecule has 0 bridgehead atoms. The van der Waals surface area contributed by atoms with Crippen LogP contribution >= 0.6 is 23.2 Å². The van der Waals surface area contributed by atoms with Gasteiger partial charge < -0.3 is 4.55 Å². The van der Waals surface area contributed by atoms with Crippen molar-refractivity contribution in [3.8, 4) is 6.07 Å². The highest BCUT2D eigenvalue weighted by atomic mass is 35.5. The summed E-state index contributed by atoms with van der Waals surface area (Å²) in [5, 5.41) is 7.43. The summed E-state index contributed by atoms with van der Waals surface area (Å²) in [6, 6.07) is 9.69. The van der Waals surface area contributed by atoms with Crippen molar-refractivity contribution in [3.05, 3.63) is 35.9 Å². The van der Waals surface area contributed by atoms with Gasteiger partial charge in [0.05, 0.1) is 5.25 Å². The molecule has 0 amide bonds. The molecule has 1 aromatic rings. The molecule has 1 aromatic carbocycles. The SMILES string of the molecule is N#CC(Cl)(Cl)C(c1ccccc1)S(=O)[O-]. The van der Waals surface area contributed by atoms with Crippen molar-refractivity contribution in [3.63, 3.8) is 0 Å². The molecule has 0 radical (unpaired) electrons. The van der Waals surface area contributed by atoms with E-state index < -0.39 is 20.7 Å². The maximum Gasteiger partial charge on any atom is 0.220 e. The molecule has 80 valence electrons.